The van der Waals surface area contributed by atoms with Crippen molar-refractivity contribution in [1.29, 1.82) is 0 Å². The molecule has 1 aliphatic heterocycles. The molecule has 1 N–H and O–H groups in total. The Morgan fingerprint density at radius 2 is 2.15 bits per heavy atom. The Morgan fingerprint density at radius 3 is 2.85 bits per heavy atom. The number of nitrogens with one attached hydrogen (secondary N) is 1. The van der Waals surface area contributed by atoms with Gasteiger partial charge in [0.15, 0.2) is 0 Å². The summed E-state index contributed by atoms with van der Waals surface area (Å²) in [5, 5.41) is 2.84. The molecular formula is C19H24FN3O3. The lowest BCUT2D eigenvalue weighted by Gasteiger charge is -2.36. The fourth-order valence-electron chi connectivity index (χ4n) is 3.89. The second-order valence-corrected chi connectivity index (χ2v) is 7.32. The minimum atomic E-state index is -0.864. The van der Waals surface area contributed by atoms with Gasteiger partial charge in [-0.2, -0.15) is 0 Å². The van der Waals surface area contributed by atoms with Crippen molar-refractivity contribution in [3.05, 3.63) is 35.6 Å². The molecule has 1 saturated carbocycles. The van der Waals surface area contributed by atoms with Crippen molar-refractivity contribution in [2.45, 2.75) is 44.7 Å². The SMILES string of the molecule is C[C@H]1CCCC[C@]12NC(=O)N(CC(=O)N(C)Cc1cccc(F)c1)C2=O. The maximum atomic E-state index is 13.3. The zero-order chi connectivity index (χ0) is 18.9. The second kappa shape index (κ2) is 7.05. The number of urea groups is 1. The molecule has 6 nitrogen and oxygen atoms in total. The van der Waals surface area contributed by atoms with Crippen molar-refractivity contribution < 1.29 is 18.8 Å². The molecule has 0 radical (unpaired) electrons. The van der Waals surface area contributed by atoms with Gasteiger partial charge in [0.2, 0.25) is 5.91 Å². The first kappa shape index (κ1) is 18.4. The zero-order valence-electron chi connectivity index (χ0n) is 15.1. The lowest BCUT2D eigenvalue weighted by molar-refractivity contribution is -0.140. The van der Waals surface area contributed by atoms with Gasteiger partial charge in [-0.15, -0.1) is 0 Å². The molecule has 2 aliphatic rings. The van der Waals surface area contributed by atoms with Crippen LogP contribution >= 0.6 is 0 Å². The van der Waals surface area contributed by atoms with Gasteiger partial charge in [-0.3, -0.25) is 14.5 Å². The second-order valence-electron chi connectivity index (χ2n) is 7.32. The highest BCUT2D eigenvalue weighted by molar-refractivity contribution is 6.09. The molecule has 1 aromatic carbocycles. The number of likely N-dealkylation sites (N-methyl/N-ethyl adjacent to an activating group) is 1. The van der Waals surface area contributed by atoms with Crippen molar-refractivity contribution in [2.24, 2.45) is 5.92 Å². The summed E-state index contributed by atoms with van der Waals surface area (Å²) in [4.78, 5) is 40.1. The predicted molar refractivity (Wildman–Crippen MR) is 93.5 cm³/mol. The van der Waals surface area contributed by atoms with E-state index in [1.54, 1.807) is 19.2 Å². The first-order valence-electron chi connectivity index (χ1n) is 8.96. The molecule has 1 saturated heterocycles. The third-order valence-electron chi connectivity index (χ3n) is 5.53. The minimum Gasteiger partial charge on any atom is -0.340 e. The van der Waals surface area contributed by atoms with Crippen LogP contribution in [-0.2, 0) is 16.1 Å². The van der Waals surface area contributed by atoms with E-state index < -0.39 is 11.6 Å². The summed E-state index contributed by atoms with van der Waals surface area (Å²) in [7, 11) is 1.57. The summed E-state index contributed by atoms with van der Waals surface area (Å²) in [5.41, 5.74) is -0.216. The topological polar surface area (TPSA) is 69.7 Å². The first-order chi connectivity index (χ1) is 12.3. The summed E-state index contributed by atoms with van der Waals surface area (Å²) in [6, 6.07) is 5.49. The average Bonchev–Trinajstić information content (AvgIpc) is 2.82. The minimum absolute atomic E-state index is 0.0535. The van der Waals surface area contributed by atoms with Crippen LogP contribution in [0.1, 0.15) is 38.2 Å². The average molecular weight is 361 g/mol. The van der Waals surface area contributed by atoms with Crippen LogP contribution < -0.4 is 5.32 Å². The number of halogens is 1. The van der Waals surface area contributed by atoms with Crippen molar-refractivity contribution in [3.8, 4) is 0 Å². The quantitative estimate of drug-likeness (QED) is 0.837. The summed E-state index contributed by atoms with van der Waals surface area (Å²) in [6.07, 6.45) is 3.43. The Balaban J connectivity index is 1.67. The fourth-order valence-corrected chi connectivity index (χ4v) is 3.89. The maximum Gasteiger partial charge on any atom is 0.325 e. The van der Waals surface area contributed by atoms with Gasteiger partial charge in [-0.05, 0) is 36.5 Å². The molecule has 26 heavy (non-hydrogen) atoms. The molecule has 2 atom stereocenters. The van der Waals surface area contributed by atoms with E-state index in [1.807, 2.05) is 6.92 Å². The summed E-state index contributed by atoms with van der Waals surface area (Å²) in [5.74, 6) is -0.982. The number of amides is 4. The Kier molecular flexibility index (Phi) is 4.98. The Labute approximate surface area is 152 Å². The summed E-state index contributed by atoms with van der Waals surface area (Å²) >= 11 is 0. The lowest BCUT2D eigenvalue weighted by Crippen LogP contribution is -2.54. The molecule has 2 fully saturated rings. The van der Waals surface area contributed by atoms with Gasteiger partial charge >= 0.3 is 6.03 Å². The number of hydrogen-bond acceptors (Lipinski definition) is 3. The smallest absolute Gasteiger partial charge is 0.325 e. The molecule has 1 aliphatic carbocycles. The molecule has 4 amide bonds. The van der Waals surface area contributed by atoms with E-state index in [4.69, 9.17) is 0 Å². The van der Waals surface area contributed by atoms with Gasteiger partial charge in [-0.25, -0.2) is 9.18 Å². The van der Waals surface area contributed by atoms with Crippen molar-refractivity contribution in [2.75, 3.05) is 13.6 Å². The van der Waals surface area contributed by atoms with Gasteiger partial charge < -0.3 is 10.2 Å². The standard InChI is InChI=1S/C19H24FN3O3/c1-13-6-3-4-9-19(13)17(25)23(18(26)21-19)12-16(24)22(2)11-14-7-5-8-15(20)10-14/h5,7-8,10,13H,3-4,6,9,11-12H2,1-2H3,(H,21,26)/t13-,19-/m0/s1. The highest BCUT2D eigenvalue weighted by Crippen LogP contribution is 2.38. The van der Waals surface area contributed by atoms with Gasteiger partial charge in [0.1, 0.15) is 17.9 Å². The summed E-state index contributed by atoms with van der Waals surface area (Å²) in [6.45, 7) is 1.88. The number of nitrogens with zero attached hydrogens (tertiary/aromatic N) is 2. The normalized spacial score (nSPS) is 25.5. The third-order valence-corrected chi connectivity index (χ3v) is 5.53. The van der Waals surface area contributed by atoms with Crippen molar-refractivity contribution in [3.63, 3.8) is 0 Å². The molecule has 0 unspecified atom stereocenters. The van der Waals surface area contributed by atoms with Gasteiger partial charge in [0.25, 0.3) is 5.91 Å². The van der Waals surface area contributed by atoms with Crippen LogP contribution in [0.4, 0.5) is 9.18 Å². The molecule has 1 spiro atoms. The molecule has 3 rings (SSSR count). The molecule has 0 aromatic heterocycles. The lowest BCUT2D eigenvalue weighted by atomic mass is 9.73. The molecule has 140 valence electrons. The highest BCUT2D eigenvalue weighted by Gasteiger charge is 2.55. The number of carbonyl (C=O) groups excluding carboxylic acids is 3. The Bertz CT molecular complexity index is 738. The molecule has 1 aromatic rings. The van der Waals surface area contributed by atoms with Crippen LogP contribution in [0.3, 0.4) is 0 Å². The number of imide groups is 1. The largest absolute Gasteiger partial charge is 0.340 e. The van der Waals surface area contributed by atoms with Gasteiger partial charge in [-0.1, -0.05) is 31.9 Å². The fraction of sp³-hybridized carbons (Fsp3) is 0.526. The first-order valence-corrected chi connectivity index (χ1v) is 8.96. The van der Waals surface area contributed by atoms with E-state index >= 15 is 0 Å². The number of carbonyl (C=O) groups is 3. The van der Waals surface area contributed by atoms with Crippen LogP contribution in [0.25, 0.3) is 0 Å². The predicted octanol–water partition coefficient (Wildman–Crippen LogP) is 2.28. The van der Waals surface area contributed by atoms with Gasteiger partial charge in [0, 0.05) is 13.6 Å². The molecular weight excluding hydrogens is 337 g/mol. The summed E-state index contributed by atoms with van der Waals surface area (Å²) < 4.78 is 13.3. The van der Waals surface area contributed by atoms with E-state index in [-0.39, 0.29) is 36.6 Å². The van der Waals surface area contributed by atoms with E-state index in [1.165, 1.54) is 17.0 Å². The molecule has 0 bridgehead atoms. The van der Waals surface area contributed by atoms with Crippen molar-refractivity contribution >= 4 is 17.8 Å². The Hall–Kier alpha value is -2.44. The monoisotopic (exact) mass is 361 g/mol. The van der Waals surface area contributed by atoms with E-state index in [2.05, 4.69) is 5.32 Å². The highest BCUT2D eigenvalue weighted by atomic mass is 19.1. The van der Waals surface area contributed by atoms with Crippen LogP contribution in [0, 0.1) is 11.7 Å². The van der Waals surface area contributed by atoms with E-state index in [9.17, 15) is 18.8 Å². The number of rotatable bonds is 4. The number of hydrogen-bond donors (Lipinski definition) is 1. The number of benzene rings is 1. The van der Waals surface area contributed by atoms with Crippen LogP contribution in [0.2, 0.25) is 0 Å². The van der Waals surface area contributed by atoms with Crippen LogP contribution in [0.15, 0.2) is 24.3 Å². The molecule has 7 heteroatoms. The molecule has 1 heterocycles. The van der Waals surface area contributed by atoms with E-state index in [0.29, 0.717) is 12.0 Å². The maximum absolute atomic E-state index is 13.3. The van der Waals surface area contributed by atoms with Crippen LogP contribution in [-0.4, -0.2) is 46.8 Å². The van der Waals surface area contributed by atoms with Crippen LogP contribution in [0.5, 0.6) is 0 Å². The zero-order valence-corrected chi connectivity index (χ0v) is 15.1. The third kappa shape index (κ3) is 3.30. The Morgan fingerprint density at radius 1 is 1.38 bits per heavy atom. The van der Waals surface area contributed by atoms with Gasteiger partial charge in [0.05, 0.1) is 0 Å². The van der Waals surface area contributed by atoms with Crippen molar-refractivity contribution in [1.82, 2.24) is 15.1 Å². The van der Waals surface area contributed by atoms with E-state index in [0.717, 1.165) is 24.2 Å².